The smallest absolute Gasteiger partial charge is 0.255 e. The fraction of sp³-hybridized carbons (Fsp3) is 0.266. The third kappa shape index (κ3) is 22.5. The van der Waals surface area contributed by atoms with Crippen LogP contribution in [0.1, 0.15) is 123 Å². The van der Waals surface area contributed by atoms with Crippen LogP contribution >= 0.6 is 46.4 Å². The van der Waals surface area contributed by atoms with Crippen LogP contribution in [0.25, 0.3) is 44.5 Å². The third-order valence-corrected chi connectivity index (χ3v) is 16.8. The summed E-state index contributed by atoms with van der Waals surface area (Å²) in [5.74, 6) is -0.201. The Morgan fingerprint density at radius 2 is 0.747 bits per heavy atom. The third-order valence-electron chi connectivity index (χ3n) is 15.8. The van der Waals surface area contributed by atoms with Crippen molar-refractivity contribution in [1.82, 2.24) is 15.5 Å². The van der Waals surface area contributed by atoms with Gasteiger partial charge < -0.3 is 39.8 Å². The van der Waals surface area contributed by atoms with E-state index in [-0.39, 0.29) is 35.7 Å². The quantitative estimate of drug-likeness (QED) is 0.0684. The number of rotatable bonds is 20. The maximum absolute atomic E-state index is 12.6. The Hall–Kier alpha value is -8.14. The van der Waals surface area contributed by atoms with Crippen molar-refractivity contribution < 1.29 is 38.1 Å². The normalized spacial score (nSPS) is 11.9. The number of nitrogens with one attached hydrogen (secondary N) is 3. The Kier molecular flexibility index (Phi) is 29.6. The summed E-state index contributed by atoms with van der Waals surface area (Å²) in [6.45, 7) is 9.65. The van der Waals surface area contributed by atoms with Crippen molar-refractivity contribution >= 4 is 75.7 Å². The van der Waals surface area contributed by atoms with Crippen LogP contribution in [-0.2, 0) is 45.4 Å². The molecule has 0 aromatic heterocycles. The van der Waals surface area contributed by atoms with Gasteiger partial charge >= 0.3 is 0 Å². The molecule has 0 heterocycles. The fourth-order valence-electron chi connectivity index (χ4n) is 10.7. The number of amides is 4. The summed E-state index contributed by atoms with van der Waals surface area (Å²) < 4.78 is 21.2. The van der Waals surface area contributed by atoms with Gasteiger partial charge in [0, 0.05) is 102 Å². The number of hydrogen-bond donors (Lipinski definition) is 3. The minimum absolute atomic E-state index is 0.00640. The summed E-state index contributed by atoms with van der Waals surface area (Å²) in [5, 5.41) is 11.8. The van der Waals surface area contributed by atoms with Gasteiger partial charge in [0.1, 0.15) is 0 Å². The lowest BCUT2D eigenvalue weighted by Crippen LogP contribution is -2.36. The van der Waals surface area contributed by atoms with E-state index in [0.717, 1.165) is 85.3 Å². The highest BCUT2D eigenvalue weighted by Gasteiger charge is 2.20. The van der Waals surface area contributed by atoms with Gasteiger partial charge in [0.25, 0.3) is 23.6 Å². The van der Waals surface area contributed by atoms with Gasteiger partial charge in [-0.25, -0.2) is 0 Å². The maximum Gasteiger partial charge on any atom is 0.255 e. The van der Waals surface area contributed by atoms with Gasteiger partial charge in [-0.15, -0.1) is 0 Å². The monoisotopic (exact) mass is 1360 g/mol. The highest BCUT2D eigenvalue weighted by Crippen LogP contribution is 2.32. The van der Waals surface area contributed by atoms with Crippen molar-refractivity contribution in [3.8, 4) is 44.5 Å². The molecule has 0 unspecified atom stereocenters. The van der Waals surface area contributed by atoms with Crippen molar-refractivity contribution in [3.05, 3.63) is 265 Å². The molecule has 1 aliphatic carbocycles. The zero-order valence-electron chi connectivity index (χ0n) is 55.4. The second-order valence-electron chi connectivity index (χ2n) is 23.5. The van der Waals surface area contributed by atoms with E-state index in [9.17, 15) is 19.2 Å². The van der Waals surface area contributed by atoms with E-state index in [2.05, 4.69) is 16.0 Å². The predicted octanol–water partition coefficient (Wildman–Crippen LogP) is 19.5. The number of nitrogens with zero attached hydrogens (tertiary/aromatic N) is 1. The molecule has 95 heavy (non-hydrogen) atoms. The van der Waals surface area contributed by atoms with E-state index in [4.69, 9.17) is 65.4 Å². The van der Waals surface area contributed by atoms with Gasteiger partial charge in [0.15, 0.2) is 0 Å². The molecule has 0 spiro atoms. The molecule has 496 valence electrons. The second-order valence-corrected chi connectivity index (χ2v) is 25.3. The molecule has 0 saturated heterocycles. The summed E-state index contributed by atoms with van der Waals surface area (Å²) in [7, 11) is 8.42. The van der Waals surface area contributed by atoms with Gasteiger partial charge in [-0.1, -0.05) is 157 Å². The molecular formula is C79H84Cl4N4O8. The van der Waals surface area contributed by atoms with Gasteiger partial charge in [-0.3, -0.25) is 19.2 Å². The Morgan fingerprint density at radius 1 is 0.421 bits per heavy atom. The maximum atomic E-state index is 12.6. The Labute approximate surface area is 580 Å². The van der Waals surface area contributed by atoms with E-state index in [1.165, 1.54) is 19.3 Å². The lowest BCUT2D eigenvalue weighted by atomic mass is 9.94. The standard InChI is InChI=1S/C21H24ClNO2.C21H18ClNO2.C19H22ClNO2.C18H20ClNO2/c2*1-25-14-17-13-16(21(24)23-19-5-3-2-4-6-19)9-12-20(17)15-7-10-18(22)11-8-15;1-13(2)21(3)19(22)15-7-10-18(16(11-15)12-23-4)14-5-8-17(20)9-6-14;1-12(2)20-18(21)14-6-9-17(15(10-14)11-22-3)13-4-7-16(19)8-5-13/h7-13,19H,2-6,14H2,1H3,(H,23,24);2-13H,14H2,1H3,(H,23,24);5-11,13H,12H2,1-4H3;4-10,12H,11H2,1-3H3,(H,20,21). The second kappa shape index (κ2) is 37.8. The molecule has 0 bridgehead atoms. The SMILES string of the molecule is COCc1cc(C(=O)N(C)C(C)C)ccc1-c1ccc(Cl)cc1.COCc1cc(C(=O)NC(C)C)ccc1-c1ccc(Cl)cc1.COCc1cc(C(=O)NC2CCCCC2)ccc1-c1ccc(Cl)cc1.COCc1cc(C(=O)Nc2ccccc2)ccc1-c1ccc(Cl)cc1. The van der Waals surface area contributed by atoms with E-state index in [0.29, 0.717) is 74.8 Å². The van der Waals surface area contributed by atoms with Crippen molar-refractivity contribution in [2.45, 2.75) is 104 Å². The largest absolute Gasteiger partial charge is 0.380 e. The molecule has 9 aromatic rings. The van der Waals surface area contributed by atoms with Gasteiger partial charge in [0.05, 0.1) is 26.4 Å². The van der Waals surface area contributed by atoms with Crippen LogP contribution in [0.3, 0.4) is 0 Å². The van der Waals surface area contributed by atoms with Crippen LogP contribution in [0.15, 0.2) is 200 Å². The lowest BCUT2D eigenvalue weighted by molar-refractivity contribution is 0.0753. The molecule has 10 rings (SSSR count). The Bertz CT molecular complexity index is 3940. The summed E-state index contributed by atoms with van der Waals surface area (Å²) in [6, 6.07) is 63.5. The van der Waals surface area contributed by atoms with Crippen LogP contribution in [0, 0.1) is 0 Å². The Balaban J connectivity index is 0.000000179. The minimum Gasteiger partial charge on any atom is -0.380 e. The predicted molar refractivity (Wildman–Crippen MR) is 389 cm³/mol. The first-order chi connectivity index (χ1) is 45.8. The molecule has 12 nitrogen and oxygen atoms in total. The molecular weight excluding hydrogens is 1270 g/mol. The molecule has 1 fully saturated rings. The number of ether oxygens (including phenoxy) is 4. The van der Waals surface area contributed by atoms with Crippen molar-refractivity contribution in [2.75, 3.05) is 40.8 Å². The van der Waals surface area contributed by atoms with E-state index in [1.54, 1.807) is 33.3 Å². The molecule has 0 aliphatic heterocycles. The van der Waals surface area contributed by atoms with Crippen molar-refractivity contribution in [3.63, 3.8) is 0 Å². The van der Waals surface area contributed by atoms with Crippen LogP contribution in [-0.4, -0.2) is 82.1 Å². The number of halogens is 4. The summed E-state index contributed by atoms with van der Waals surface area (Å²) in [4.78, 5) is 51.5. The summed E-state index contributed by atoms with van der Waals surface area (Å²) in [5.41, 5.74) is 15.6. The first-order valence-electron chi connectivity index (χ1n) is 31.6. The number of hydrogen-bond acceptors (Lipinski definition) is 8. The molecule has 1 saturated carbocycles. The van der Waals surface area contributed by atoms with Gasteiger partial charge in [0.2, 0.25) is 0 Å². The average molecular weight is 1360 g/mol. The van der Waals surface area contributed by atoms with Gasteiger partial charge in [-0.05, 0) is 216 Å². The number of anilines is 1. The lowest BCUT2D eigenvalue weighted by Gasteiger charge is -2.23. The van der Waals surface area contributed by atoms with Crippen molar-refractivity contribution in [1.29, 1.82) is 0 Å². The number of benzene rings is 9. The number of carbonyl (C=O) groups is 4. The first-order valence-corrected chi connectivity index (χ1v) is 33.1. The fourth-order valence-corrected chi connectivity index (χ4v) is 11.2. The number of para-hydroxylation sites is 1. The first kappa shape index (κ1) is 74.3. The molecule has 4 amide bonds. The molecule has 0 radical (unpaired) electrons. The minimum atomic E-state index is -0.147. The number of carbonyl (C=O) groups excluding carboxylic acids is 4. The molecule has 3 N–H and O–H groups in total. The average Bonchev–Trinajstić information content (AvgIpc) is 0.901. The van der Waals surface area contributed by atoms with Crippen LogP contribution in [0.5, 0.6) is 0 Å². The van der Waals surface area contributed by atoms with Crippen LogP contribution in [0.4, 0.5) is 5.69 Å². The Morgan fingerprint density at radius 3 is 1.08 bits per heavy atom. The highest BCUT2D eigenvalue weighted by molar-refractivity contribution is 6.31. The molecule has 0 atom stereocenters. The number of methoxy groups -OCH3 is 4. The zero-order chi connectivity index (χ0) is 68.4. The van der Waals surface area contributed by atoms with Crippen molar-refractivity contribution in [2.24, 2.45) is 0 Å². The van der Waals surface area contributed by atoms with Gasteiger partial charge in [-0.2, -0.15) is 0 Å². The topological polar surface area (TPSA) is 145 Å². The molecule has 1 aliphatic rings. The van der Waals surface area contributed by atoms with E-state index >= 15 is 0 Å². The zero-order valence-corrected chi connectivity index (χ0v) is 58.4. The van der Waals surface area contributed by atoms with Crippen LogP contribution in [0.2, 0.25) is 20.1 Å². The molecule has 16 heteroatoms. The molecule has 9 aromatic carbocycles. The highest BCUT2D eigenvalue weighted by atomic mass is 35.5. The summed E-state index contributed by atoms with van der Waals surface area (Å²) in [6.07, 6.45) is 5.85. The summed E-state index contributed by atoms with van der Waals surface area (Å²) >= 11 is 23.8. The van der Waals surface area contributed by atoms with E-state index < -0.39 is 0 Å². The van der Waals surface area contributed by atoms with Crippen LogP contribution < -0.4 is 16.0 Å². The van der Waals surface area contributed by atoms with E-state index in [1.807, 2.05) is 235 Å².